The zero-order valence-electron chi connectivity index (χ0n) is 17.0. The third-order valence-corrected chi connectivity index (χ3v) is 6.16. The van der Waals surface area contributed by atoms with Crippen LogP contribution in [0.5, 0.6) is 11.5 Å². The van der Waals surface area contributed by atoms with E-state index >= 15 is 0 Å². The molecule has 162 valence electrons. The van der Waals surface area contributed by atoms with Crippen LogP contribution in [0.25, 0.3) is 6.08 Å². The number of hydrogen-bond acceptors (Lipinski definition) is 7. The number of nitriles is 1. The summed E-state index contributed by atoms with van der Waals surface area (Å²) in [5.74, 6) is 0.738. The molecule has 0 N–H and O–H groups in total. The first-order valence-electron chi connectivity index (χ1n) is 9.31. The number of allylic oxidation sites excluding steroid dienone is 1. The summed E-state index contributed by atoms with van der Waals surface area (Å²) in [5, 5.41) is 20.2. The highest BCUT2D eigenvalue weighted by Crippen LogP contribution is 2.31. The van der Waals surface area contributed by atoms with Crippen molar-refractivity contribution >= 4 is 21.6 Å². The molecule has 0 aromatic heterocycles. The van der Waals surface area contributed by atoms with Gasteiger partial charge >= 0.3 is 0 Å². The van der Waals surface area contributed by atoms with Crippen LogP contribution in [-0.4, -0.2) is 20.5 Å². The molecule has 32 heavy (non-hydrogen) atoms. The number of rotatable bonds is 8. The minimum atomic E-state index is -3.95. The van der Waals surface area contributed by atoms with Crippen molar-refractivity contribution in [2.75, 3.05) is 7.11 Å². The zero-order valence-corrected chi connectivity index (χ0v) is 17.8. The van der Waals surface area contributed by atoms with Crippen molar-refractivity contribution in [3.63, 3.8) is 0 Å². The van der Waals surface area contributed by atoms with E-state index in [4.69, 9.17) is 9.47 Å². The van der Waals surface area contributed by atoms with Gasteiger partial charge in [0.1, 0.15) is 17.6 Å². The maximum atomic E-state index is 12.7. The molecular weight excluding hydrogens is 432 g/mol. The van der Waals surface area contributed by atoms with E-state index in [2.05, 4.69) is 0 Å². The molecule has 0 bridgehead atoms. The van der Waals surface area contributed by atoms with Crippen molar-refractivity contribution in [3.05, 3.63) is 98.9 Å². The van der Waals surface area contributed by atoms with E-state index in [-0.39, 0.29) is 17.2 Å². The third kappa shape index (κ3) is 5.11. The van der Waals surface area contributed by atoms with E-state index in [1.54, 1.807) is 54.6 Å². The molecule has 0 atom stereocenters. The van der Waals surface area contributed by atoms with Crippen molar-refractivity contribution < 1.29 is 22.8 Å². The highest BCUT2D eigenvalue weighted by Gasteiger charge is 2.20. The highest BCUT2D eigenvalue weighted by molar-refractivity contribution is 7.95. The van der Waals surface area contributed by atoms with Gasteiger partial charge in [-0.15, -0.1) is 0 Å². The Morgan fingerprint density at radius 3 is 2.34 bits per heavy atom. The van der Waals surface area contributed by atoms with Gasteiger partial charge in [-0.25, -0.2) is 8.42 Å². The molecule has 0 aliphatic rings. The van der Waals surface area contributed by atoms with Crippen molar-refractivity contribution in [2.24, 2.45) is 0 Å². The molecule has 0 saturated carbocycles. The fourth-order valence-electron chi connectivity index (χ4n) is 2.82. The molecule has 3 rings (SSSR count). The number of ether oxygens (including phenoxy) is 2. The Hall–Kier alpha value is -4.16. The molecule has 0 unspecified atom stereocenters. The summed E-state index contributed by atoms with van der Waals surface area (Å²) in [5.41, 5.74) is 1.16. The van der Waals surface area contributed by atoms with Crippen LogP contribution in [0.15, 0.2) is 82.6 Å². The summed E-state index contributed by atoms with van der Waals surface area (Å²) in [4.78, 5) is 9.90. The van der Waals surface area contributed by atoms with E-state index in [0.29, 0.717) is 17.1 Å². The lowest BCUT2D eigenvalue weighted by atomic mass is 10.2. The van der Waals surface area contributed by atoms with E-state index in [1.165, 1.54) is 37.5 Å². The summed E-state index contributed by atoms with van der Waals surface area (Å²) in [6, 6.07) is 20.2. The largest absolute Gasteiger partial charge is 0.493 e. The second-order valence-electron chi connectivity index (χ2n) is 6.56. The van der Waals surface area contributed by atoms with Crippen molar-refractivity contribution in [1.82, 2.24) is 0 Å². The fourth-order valence-corrected chi connectivity index (χ4v) is 4.00. The lowest BCUT2D eigenvalue weighted by Crippen LogP contribution is -2.03. The quantitative estimate of drug-likeness (QED) is 0.281. The smallest absolute Gasteiger partial charge is 0.269 e. The van der Waals surface area contributed by atoms with E-state index in [1.807, 2.05) is 0 Å². The first kappa shape index (κ1) is 22.5. The monoisotopic (exact) mass is 450 g/mol. The van der Waals surface area contributed by atoms with Crippen molar-refractivity contribution in [2.45, 2.75) is 11.5 Å². The van der Waals surface area contributed by atoms with E-state index in [9.17, 15) is 23.8 Å². The molecule has 0 heterocycles. The number of nitro groups is 1. The number of nitrogens with zero attached hydrogens (tertiary/aromatic N) is 2. The zero-order chi connectivity index (χ0) is 23.1. The second-order valence-corrected chi connectivity index (χ2v) is 8.48. The summed E-state index contributed by atoms with van der Waals surface area (Å²) >= 11 is 0. The minimum Gasteiger partial charge on any atom is -0.493 e. The number of benzene rings is 3. The summed E-state index contributed by atoms with van der Waals surface area (Å²) < 4.78 is 36.5. The maximum Gasteiger partial charge on any atom is 0.269 e. The van der Waals surface area contributed by atoms with Crippen LogP contribution in [0.2, 0.25) is 0 Å². The maximum absolute atomic E-state index is 12.7. The topological polar surface area (TPSA) is 120 Å². The predicted octanol–water partition coefficient (Wildman–Crippen LogP) is 4.52. The van der Waals surface area contributed by atoms with Gasteiger partial charge in [-0.05, 0) is 53.6 Å². The molecule has 0 amide bonds. The standard InChI is InChI=1S/C23H18N2O6S/c1-30-23-14-18(13-21(15-24)32(28,29)20-5-3-2-4-6-20)9-12-22(23)31-16-17-7-10-19(11-8-17)25(26)27/h2-14H,16H2,1H3. The molecule has 8 nitrogen and oxygen atoms in total. The predicted molar refractivity (Wildman–Crippen MR) is 118 cm³/mol. The molecule has 0 radical (unpaired) electrons. The fraction of sp³-hybridized carbons (Fsp3) is 0.0870. The van der Waals surface area contributed by atoms with Gasteiger partial charge in [0.2, 0.25) is 9.84 Å². The van der Waals surface area contributed by atoms with Crippen LogP contribution < -0.4 is 9.47 Å². The molecule has 0 aliphatic carbocycles. The number of hydrogen-bond donors (Lipinski definition) is 0. The first-order chi connectivity index (χ1) is 15.3. The first-order valence-corrected chi connectivity index (χ1v) is 10.8. The van der Waals surface area contributed by atoms with Gasteiger partial charge in [0.25, 0.3) is 5.69 Å². The molecule has 0 saturated heterocycles. The van der Waals surface area contributed by atoms with Crippen LogP contribution in [0.1, 0.15) is 11.1 Å². The van der Waals surface area contributed by atoms with E-state index < -0.39 is 19.7 Å². The van der Waals surface area contributed by atoms with E-state index in [0.717, 1.165) is 5.56 Å². The van der Waals surface area contributed by atoms with Crippen LogP contribution in [0.3, 0.4) is 0 Å². The number of non-ortho nitro benzene ring substituents is 1. The van der Waals surface area contributed by atoms with Gasteiger partial charge in [0, 0.05) is 12.1 Å². The lowest BCUT2D eigenvalue weighted by molar-refractivity contribution is -0.384. The molecule has 3 aromatic carbocycles. The highest BCUT2D eigenvalue weighted by atomic mass is 32.2. The lowest BCUT2D eigenvalue weighted by Gasteiger charge is -2.12. The van der Waals surface area contributed by atoms with Crippen LogP contribution in [-0.2, 0) is 16.4 Å². The van der Waals surface area contributed by atoms with Gasteiger partial charge in [-0.1, -0.05) is 24.3 Å². The Morgan fingerprint density at radius 1 is 1.06 bits per heavy atom. The Labute approximate surface area is 185 Å². The van der Waals surface area contributed by atoms with Gasteiger partial charge < -0.3 is 9.47 Å². The Balaban J connectivity index is 1.82. The van der Waals surface area contributed by atoms with Gasteiger partial charge in [0.15, 0.2) is 11.5 Å². The second kappa shape index (κ2) is 9.76. The van der Waals surface area contributed by atoms with Crippen LogP contribution >= 0.6 is 0 Å². The van der Waals surface area contributed by atoms with Gasteiger partial charge in [0.05, 0.1) is 16.9 Å². The molecule has 0 spiro atoms. The minimum absolute atomic E-state index is 0.0128. The molecule has 9 heteroatoms. The number of nitro benzene ring substituents is 1. The SMILES string of the molecule is COc1cc(C=C(C#N)S(=O)(=O)c2ccccc2)ccc1OCc1ccc([N+](=O)[O-])cc1. The van der Waals surface area contributed by atoms with Crippen LogP contribution in [0, 0.1) is 21.4 Å². The Kier molecular flexibility index (Phi) is 6.87. The van der Waals surface area contributed by atoms with Crippen molar-refractivity contribution in [3.8, 4) is 17.6 Å². The molecule has 0 fully saturated rings. The van der Waals surface area contributed by atoms with Crippen molar-refractivity contribution in [1.29, 1.82) is 5.26 Å². The normalized spacial score (nSPS) is 11.4. The third-order valence-electron chi connectivity index (χ3n) is 4.48. The average molecular weight is 450 g/mol. The van der Waals surface area contributed by atoms with Crippen LogP contribution in [0.4, 0.5) is 5.69 Å². The molecule has 3 aromatic rings. The summed E-state index contributed by atoms with van der Waals surface area (Å²) in [7, 11) is -2.52. The number of methoxy groups -OCH3 is 1. The number of sulfone groups is 1. The van der Waals surface area contributed by atoms with Gasteiger partial charge in [-0.2, -0.15) is 5.26 Å². The summed E-state index contributed by atoms with van der Waals surface area (Å²) in [6.45, 7) is 0.148. The molecule has 0 aliphatic heterocycles. The Bertz CT molecular complexity index is 1290. The molecular formula is C23H18N2O6S. The Morgan fingerprint density at radius 2 is 1.75 bits per heavy atom. The average Bonchev–Trinajstić information content (AvgIpc) is 2.82. The van der Waals surface area contributed by atoms with Gasteiger partial charge in [-0.3, -0.25) is 10.1 Å². The summed E-state index contributed by atoms with van der Waals surface area (Å²) in [6.07, 6.45) is 1.27.